The maximum Gasteiger partial charge on any atom is 0.0204 e. The lowest BCUT2D eigenvalue weighted by Gasteiger charge is -2.13. The van der Waals surface area contributed by atoms with Gasteiger partial charge in [-0.3, -0.25) is 0 Å². The molecule has 2 heteroatoms. The highest BCUT2D eigenvalue weighted by atomic mass is 127. The van der Waals surface area contributed by atoms with E-state index < -0.39 is 0 Å². The largest absolute Gasteiger partial charge is 0.244 e. The number of rotatable bonds is 1. The summed E-state index contributed by atoms with van der Waals surface area (Å²) in [7, 11) is 0. The van der Waals surface area contributed by atoms with E-state index in [0.717, 1.165) is 6.04 Å². The van der Waals surface area contributed by atoms with Crippen LogP contribution in [-0.4, -0.2) is 15.7 Å². The zero-order chi connectivity index (χ0) is 5.98. The Morgan fingerprint density at radius 2 is 2.50 bits per heavy atom. The van der Waals surface area contributed by atoms with Gasteiger partial charge in [-0.2, -0.15) is 0 Å². The standard InChI is InChI=1S/C6H12IN/c1-2-6-4-3-5-8(6)7/h6H,2-5H2,1H3/t6-/m1/s1. The van der Waals surface area contributed by atoms with Crippen molar-refractivity contribution < 1.29 is 0 Å². The van der Waals surface area contributed by atoms with E-state index in [-0.39, 0.29) is 0 Å². The fraction of sp³-hybridized carbons (Fsp3) is 1.00. The molecule has 0 aromatic carbocycles. The van der Waals surface area contributed by atoms with E-state index >= 15 is 0 Å². The quantitative estimate of drug-likeness (QED) is 0.488. The molecule has 0 amide bonds. The SMILES string of the molecule is CC[C@@H]1CCCN1I. The van der Waals surface area contributed by atoms with Crippen molar-refractivity contribution in [2.45, 2.75) is 32.2 Å². The summed E-state index contributed by atoms with van der Waals surface area (Å²) in [6.07, 6.45) is 4.14. The molecular weight excluding hydrogens is 213 g/mol. The molecule has 1 saturated heterocycles. The van der Waals surface area contributed by atoms with Crippen LogP contribution in [-0.2, 0) is 0 Å². The first-order valence-electron chi connectivity index (χ1n) is 3.27. The predicted molar refractivity (Wildman–Crippen MR) is 44.0 cm³/mol. The van der Waals surface area contributed by atoms with Crippen molar-refractivity contribution in [1.29, 1.82) is 0 Å². The van der Waals surface area contributed by atoms with Crippen molar-refractivity contribution in [3.05, 3.63) is 0 Å². The highest BCUT2D eigenvalue weighted by molar-refractivity contribution is 14.1. The first kappa shape index (κ1) is 6.81. The second kappa shape index (κ2) is 3.01. The molecular formula is C6H12IN. The lowest BCUT2D eigenvalue weighted by molar-refractivity contribution is 0.457. The Hall–Kier alpha value is 0.690. The molecule has 1 atom stereocenters. The van der Waals surface area contributed by atoms with Crippen molar-refractivity contribution in [1.82, 2.24) is 3.11 Å². The maximum atomic E-state index is 2.43. The van der Waals surface area contributed by atoms with E-state index in [1.807, 2.05) is 0 Å². The van der Waals surface area contributed by atoms with E-state index in [1.165, 1.54) is 25.8 Å². The molecule has 1 rings (SSSR count). The van der Waals surface area contributed by atoms with Gasteiger partial charge in [0.15, 0.2) is 0 Å². The Labute approximate surface area is 64.9 Å². The van der Waals surface area contributed by atoms with Crippen LogP contribution in [0.15, 0.2) is 0 Å². The second-order valence-electron chi connectivity index (χ2n) is 2.33. The van der Waals surface area contributed by atoms with E-state index in [2.05, 4.69) is 32.9 Å². The summed E-state index contributed by atoms with van der Waals surface area (Å²) in [5.74, 6) is 0. The van der Waals surface area contributed by atoms with Crippen molar-refractivity contribution in [3.8, 4) is 0 Å². The molecule has 0 unspecified atom stereocenters. The smallest absolute Gasteiger partial charge is 0.0204 e. The molecule has 0 radical (unpaired) electrons. The molecule has 1 aliphatic rings. The third kappa shape index (κ3) is 1.35. The minimum Gasteiger partial charge on any atom is -0.244 e. The highest BCUT2D eigenvalue weighted by Crippen LogP contribution is 2.22. The average molecular weight is 225 g/mol. The summed E-state index contributed by atoms with van der Waals surface area (Å²) in [6, 6.07) is 0.885. The molecule has 0 aromatic heterocycles. The van der Waals surface area contributed by atoms with Crippen LogP contribution in [0.25, 0.3) is 0 Å². The number of halogens is 1. The minimum atomic E-state index is 0.885. The van der Waals surface area contributed by atoms with Gasteiger partial charge in [-0.15, -0.1) is 0 Å². The molecule has 1 aliphatic heterocycles. The molecule has 0 N–H and O–H groups in total. The van der Waals surface area contributed by atoms with Gasteiger partial charge in [0, 0.05) is 35.5 Å². The zero-order valence-electron chi connectivity index (χ0n) is 5.23. The fourth-order valence-corrected chi connectivity index (χ4v) is 2.22. The monoisotopic (exact) mass is 225 g/mol. The molecule has 8 heavy (non-hydrogen) atoms. The summed E-state index contributed by atoms with van der Waals surface area (Å²) < 4.78 is 2.43. The van der Waals surface area contributed by atoms with Crippen molar-refractivity contribution in [2.24, 2.45) is 0 Å². The zero-order valence-corrected chi connectivity index (χ0v) is 7.39. The normalized spacial score (nSPS) is 31.5. The number of hydrogen-bond acceptors (Lipinski definition) is 1. The third-order valence-corrected chi connectivity index (χ3v) is 3.05. The fourth-order valence-electron chi connectivity index (χ4n) is 1.20. The summed E-state index contributed by atoms with van der Waals surface area (Å²) >= 11 is 2.43. The molecule has 1 fully saturated rings. The molecule has 1 nitrogen and oxygen atoms in total. The first-order valence-corrected chi connectivity index (χ1v) is 4.23. The summed E-state index contributed by atoms with van der Waals surface area (Å²) in [5, 5.41) is 0. The van der Waals surface area contributed by atoms with Gasteiger partial charge in [0.2, 0.25) is 0 Å². The van der Waals surface area contributed by atoms with Crippen LogP contribution in [0.3, 0.4) is 0 Å². The van der Waals surface area contributed by atoms with Gasteiger partial charge < -0.3 is 0 Å². The molecule has 0 bridgehead atoms. The highest BCUT2D eigenvalue weighted by Gasteiger charge is 2.19. The van der Waals surface area contributed by atoms with Crippen LogP contribution < -0.4 is 0 Å². The lowest BCUT2D eigenvalue weighted by atomic mass is 10.2. The Balaban J connectivity index is 2.30. The van der Waals surface area contributed by atoms with E-state index in [9.17, 15) is 0 Å². The Bertz CT molecular complexity index is 74.9. The van der Waals surface area contributed by atoms with Gasteiger partial charge in [0.05, 0.1) is 0 Å². The Morgan fingerprint density at radius 1 is 1.75 bits per heavy atom. The number of hydrogen-bond donors (Lipinski definition) is 0. The lowest BCUT2D eigenvalue weighted by Crippen LogP contribution is -2.16. The van der Waals surface area contributed by atoms with Crippen molar-refractivity contribution >= 4 is 22.9 Å². The predicted octanol–water partition coefficient (Wildman–Crippen LogP) is 2.21. The van der Waals surface area contributed by atoms with Gasteiger partial charge in [-0.25, -0.2) is 3.11 Å². The molecule has 0 spiro atoms. The van der Waals surface area contributed by atoms with Crippen LogP contribution in [0.1, 0.15) is 26.2 Å². The Morgan fingerprint density at radius 3 is 2.75 bits per heavy atom. The van der Waals surface area contributed by atoms with Crippen LogP contribution >= 0.6 is 22.9 Å². The van der Waals surface area contributed by atoms with Crippen LogP contribution in [0.5, 0.6) is 0 Å². The molecule has 1 heterocycles. The van der Waals surface area contributed by atoms with Gasteiger partial charge in [0.1, 0.15) is 0 Å². The average Bonchev–Trinajstić information content (AvgIpc) is 2.14. The molecule has 48 valence electrons. The number of nitrogens with zero attached hydrogens (tertiary/aromatic N) is 1. The summed E-state index contributed by atoms with van der Waals surface area (Å²) in [5.41, 5.74) is 0. The second-order valence-corrected chi connectivity index (χ2v) is 3.57. The van der Waals surface area contributed by atoms with E-state index in [1.54, 1.807) is 0 Å². The van der Waals surface area contributed by atoms with Gasteiger partial charge in [0.25, 0.3) is 0 Å². The van der Waals surface area contributed by atoms with Crippen molar-refractivity contribution in [2.75, 3.05) is 6.54 Å². The van der Waals surface area contributed by atoms with Gasteiger partial charge in [-0.05, 0) is 19.3 Å². The molecule has 0 aromatic rings. The molecule has 0 saturated carbocycles. The van der Waals surface area contributed by atoms with Crippen LogP contribution in [0.2, 0.25) is 0 Å². The minimum absolute atomic E-state index is 0.885. The third-order valence-electron chi connectivity index (χ3n) is 1.78. The Kier molecular flexibility index (Phi) is 2.56. The maximum absolute atomic E-state index is 2.43. The first-order chi connectivity index (χ1) is 3.84. The van der Waals surface area contributed by atoms with Gasteiger partial charge in [-0.1, -0.05) is 6.92 Å². The van der Waals surface area contributed by atoms with Gasteiger partial charge >= 0.3 is 0 Å². The van der Waals surface area contributed by atoms with Crippen LogP contribution in [0, 0.1) is 0 Å². The van der Waals surface area contributed by atoms with Crippen LogP contribution in [0.4, 0.5) is 0 Å². The van der Waals surface area contributed by atoms with Crippen molar-refractivity contribution in [3.63, 3.8) is 0 Å². The summed E-state index contributed by atoms with van der Waals surface area (Å²) in [4.78, 5) is 0. The van der Waals surface area contributed by atoms with E-state index in [0.29, 0.717) is 0 Å². The van der Waals surface area contributed by atoms with E-state index in [4.69, 9.17) is 0 Å². The topological polar surface area (TPSA) is 3.24 Å². The molecule has 0 aliphatic carbocycles. The summed E-state index contributed by atoms with van der Waals surface area (Å²) in [6.45, 7) is 3.57.